The Hall–Kier alpha value is 0. The first-order valence-electron chi connectivity index (χ1n) is 14.5. The maximum atomic E-state index is 2.53. The van der Waals surface area contributed by atoms with Crippen molar-refractivity contribution in [1.82, 2.24) is 0 Å². The third kappa shape index (κ3) is 19.9. The molecule has 0 aromatic carbocycles. The Morgan fingerprint density at radius 3 is 1.06 bits per heavy atom. The zero-order valence-corrected chi connectivity index (χ0v) is 26.4. The van der Waals surface area contributed by atoms with Crippen LogP contribution in [0.1, 0.15) is 172 Å². The van der Waals surface area contributed by atoms with Crippen LogP contribution >= 0.6 is 0 Å². The van der Waals surface area contributed by atoms with Gasteiger partial charge in [0, 0.05) is 0 Å². The fraction of sp³-hybridized carbons (Fsp3) is 1.00. The normalized spacial score (nSPS) is 20.6. The number of rotatable bonds is 2. The van der Waals surface area contributed by atoms with Crippen LogP contribution in [0.3, 0.4) is 0 Å². The Balaban J connectivity index is -0.0000000637. The van der Waals surface area contributed by atoms with Gasteiger partial charge in [-0.2, -0.15) is 0 Å². The molecule has 0 nitrogen and oxygen atoms in total. The SMILES string of the molecule is C.C.CC.CC.CC.CC.CC(C)C.CC(C)C.CC(C)C1(C(C)C)C2CCCC2C[C@@H]1C. The third-order valence-corrected chi connectivity index (χ3v) is 5.81. The molecular formula is C33H80. The molecule has 0 aromatic heterocycles. The molecule has 2 aliphatic carbocycles. The Morgan fingerprint density at radius 1 is 0.545 bits per heavy atom. The molecule has 0 heteroatoms. The molecule has 0 heterocycles. The average molecular weight is 477 g/mol. The van der Waals surface area contributed by atoms with Crippen molar-refractivity contribution >= 4 is 0 Å². The van der Waals surface area contributed by atoms with E-state index in [4.69, 9.17) is 0 Å². The topological polar surface area (TPSA) is 0 Å². The number of hydrogen-bond donors (Lipinski definition) is 0. The van der Waals surface area contributed by atoms with Crippen LogP contribution in [0.5, 0.6) is 0 Å². The molecule has 2 unspecified atom stereocenters. The average Bonchev–Trinajstić information content (AvgIpc) is 3.26. The summed E-state index contributed by atoms with van der Waals surface area (Å²) >= 11 is 0. The molecule has 2 fully saturated rings. The summed E-state index contributed by atoms with van der Waals surface area (Å²) in [5, 5.41) is 0. The largest absolute Gasteiger partial charge is 0.0776 e. The second kappa shape index (κ2) is 32.0. The van der Waals surface area contributed by atoms with Gasteiger partial charge in [-0.1, -0.05) is 159 Å². The van der Waals surface area contributed by atoms with E-state index < -0.39 is 0 Å². The minimum atomic E-state index is 0. The van der Waals surface area contributed by atoms with Crippen molar-refractivity contribution in [3.8, 4) is 0 Å². The van der Waals surface area contributed by atoms with Gasteiger partial charge in [0.05, 0.1) is 0 Å². The maximum Gasteiger partial charge on any atom is -0.0195 e. The van der Waals surface area contributed by atoms with E-state index in [9.17, 15) is 0 Å². The van der Waals surface area contributed by atoms with Gasteiger partial charge in [-0.15, -0.1) is 0 Å². The molecular weight excluding hydrogens is 396 g/mol. The van der Waals surface area contributed by atoms with E-state index in [1.807, 2.05) is 55.4 Å². The lowest BCUT2D eigenvalue weighted by molar-refractivity contribution is 0.0127. The summed E-state index contributed by atoms with van der Waals surface area (Å²) in [4.78, 5) is 0. The minimum absolute atomic E-state index is 0. The molecule has 2 rings (SSSR count). The molecule has 0 aliphatic heterocycles. The molecule has 212 valence electrons. The minimum Gasteiger partial charge on any atom is -0.0776 e. The Bertz CT molecular complexity index is 278. The van der Waals surface area contributed by atoms with Gasteiger partial charge in [0.2, 0.25) is 0 Å². The smallest absolute Gasteiger partial charge is 0.0195 e. The van der Waals surface area contributed by atoms with E-state index in [1.54, 1.807) is 0 Å². The third-order valence-electron chi connectivity index (χ3n) is 5.81. The van der Waals surface area contributed by atoms with Gasteiger partial charge in [-0.05, 0) is 59.7 Å². The first-order valence-corrected chi connectivity index (χ1v) is 14.5. The van der Waals surface area contributed by atoms with Crippen LogP contribution in [0, 0.1) is 46.8 Å². The van der Waals surface area contributed by atoms with Gasteiger partial charge in [0.15, 0.2) is 0 Å². The van der Waals surface area contributed by atoms with Crippen molar-refractivity contribution in [3.63, 3.8) is 0 Å². The summed E-state index contributed by atoms with van der Waals surface area (Å²) in [6.07, 6.45) is 6.06. The predicted molar refractivity (Wildman–Crippen MR) is 167 cm³/mol. The lowest BCUT2D eigenvalue weighted by Crippen LogP contribution is -2.41. The van der Waals surface area contributed by atoms with Crippen LogP contribution in [-0.4, -0.2) is 0 Å². The first-order chi connectivity index (χ1) is 14.5. The van der Waals surface area contributed by atoms with Gasteiger partial charge < -0.3 is 0 Å². The van der Waals surface area contributed by atoms with Crippen molar-refractivity contribution in [3.05, 3.63) is 0 Å². The number of hydrogen-bond acceptors (Lipinski definition) is 0. The van der Waals surface area contributed by atoms with Crippen molar-refractivity contribution in [1.29, 1.82) is 0 Å². The molecule has 0 bridgehead atoms. The first kappa shape index (κ1) is 50.0. The summed E-state index contributed by atoms with van der Waals surface area (Å²) in [7, 11) is 0. The van der Waals surface area contributed by atoms with Gasteiger partial charge in [-0.25, -0.2) is 0 Å². The number of fused-ring (bicyclic) bond motifs is 1. The molecule has 0 saturated heterocycles. The highest BCUT2D eigenvalue weighted by molar-refractivity contribution is 5.05. The van der Waals surface area contributed by atoms with E-state index in [2.05, 4.69) is 76.2 Å². The zero-order valence-electron chi connectivity index (χ0n) is 26.4. The predicted octanol–water partition coefficient (Wildman–Crippen LogP) is 13.4. The van der Waals surface area contributed by atoms with E-state index >= 15 is 0 Å². The van der Waals surface area contributed by atoms with E-state index in [-0.39, 0.29) is 14.9 Å². The lowest BCUT2D eigenvalue weighted by Gasteiger charge is -2.47. The monoisotopic (exact) mass is 477 g/mol. The highest BCUT2D eigenvalue weighted by Gasteiger charge is 2.56. The summed E-state index contributed by atoms with van der Waals surface area (Å²) in [6, 6.07) is 0. The quantitative estimate of drug-likeness (QED) is 0.371. The molecule has 2 saturated carbocycles. The Labute approximate surface area is 218 Å². The van der Waals surface area contributed by atoms with Crippen molar-refractivity contribution in [2.45, 2.75) is 172 Å². The molecule has 0 radical (unpaired) electrons. The molecule has 0 aromatic rings. The van der Waals surface area contributed by atoms with E-state index in [0.29, 0.717) is 5.41 Å². The van der Waals surface area contributed by atoms with Crippen molar-refractivity contribution in [2.24, 2.45) is 46.8 Å². The van der Waals surface area contributed by atoms with Crippen LogP contribution < -0.4 is 0 Å². The van der Waals surface area contributed by atoms with Crippen molar-refractivity contribution in [2.75, 3.05) is 0 Å². The molecule has 0 amide bonds. The van der Waals surface area contributed by atoms with Gasteiger partial charge >= 0.3 is 0 Å². The highest BCUT2D eigenvalue weighted by Crippen LogP contribution is 2.64. The van der Waals surface area contributed by atoms with Crippen LogP contribution in [0.2, 0.25) is 0 Å². The molecule has 3 atom stereocenters. The lowest BCUT2D eigenvalue weighted by atomic mass is 9.58. The fourth-order valence-electron chi connectivity index (χ4n) is 5.66. The summed E-state index contributed by atoms with van der Waals surface area (Å²) in [6.45, 7) is 41.4. The summed E-state index contributed by atoms with van der Waals surface area (Å²) in [5.41, 5.74) is 0.654. The fourth-order valence-corrected chi connectivity index (χ4v) is 5.66. The Kier molecular flexibility index (Phi) is 48.5. The second-order valence-electron chi connectivity index (χ2n) is 10.2. The van der Waals surface area contributed by atoms with E-state index in [1.165, 1.54) is 25.7 Å². The Morgan fingerprint density at radius 2 is 0.818 bits per heavy atom. The maximum absolute atomic E-state index is 2.53. The molecule has 0 spiro atoms. The highest BCUT2D eigenvalue weighted by atomic mass is 14.6. The zero-order chi connectivity index (χ0) is 26.4. The molecule has 2 aliphatic rings. The van der Waals surface area contributed by atoms with Gasteiger partial charge in [0.1, 0.15) is 0 Å². The molecule has 33 heavy (non-hydrogen) atoms. The van der Waals surface area contributed by atoms with Crippen LogP contribution in [0.15, 0.2) is 0 Å². The van der Waals surface area contributed by atoms with Crippen LogP contribution in [0.25, 0.3) is 0 Å². The van der Waals surface area contributed by atoms with Crippen molar-refractivity contribution < 1.29 is 0 Å². The van der Waals surface area contributed by atoms with E-state index in [0.717, 1.165) is 41.4 Å². The van der Waals surface area contributed by atoms with Gasteiger partial charge in [0.25, 0.3) is 0 Å². The standard InChI is InChI=1S/C15H28.2C4H10.4C2H6.2CH4/c1-10(2)15(11(3)4)12(5)9-13-7-6-8-14(13)15;2*1-4(2)3;4*1-2;;/h10-14H,6-9H2,1-5H3;2*4H,1-3H3;4*1-2H3;2*1H4/t12-,13?,14?;;;;;;;;/m0......../s1. The molecule has 0 N–H and O–H groups in total. The van der Waals surface area contributed by atoms with Crippen LogP contribution in [0.4, 0.5) is 0 Å². The summed E-state index contributed by atoms with van der Waals surface area (Å²) in [5.74, 6) is 6.46. The summed E-state index contributed by atoms with van der Waals surface area (Å²) < 4.78 is 0. The van der Waals surface area contributed by atoms with Crippen LogP contribution in [-0.2, 0) is 0 Å². The van der Waals surface area contributed by atoms with Gasteiger partial charge in [-0.3, -0.25) is 0 Å². The second-order valence-corrected chi connectivity index (χ2v) is 10.2.